The second-order valence-electron chi connectivity index (χ2n) is 5.68. The van der Waals surface area contributed by atoms with Gasteiger partial charge in [-0.05, 0) is 24.3 Å². The van der Waals surface area contributed by atoms with Gasteiger partial charge >= 0.3 is 0 Å². The van der Waals surface area contributed by atoms with Gasteiger partial charge in [-0.15, -0.1) is 5.10 Å². The topological polar surface area (TPSA) is 58.4 Å². The molecule has 6 nitrogen and oxygen atoms in total. The summed E-state index contributed by atoms with van der Waals surface area (Å²) in [5.41, 5.74) is 0.654. The number of aromatic nitrogens is 3. The summed E-state index contributed by atoms with van der Waals surface area (Å²) < 4.78 is 31.9. The van der Waals surface area contributed by atoms with Crippen molar-refractivity contribution < 1.29 is 18.6 Å². The largest absolute Gasteiger partial charge is 0.487 e. The highest BCUT2D eigenvalue weighted by molar-refractivity contribution is 5.40. The van der Waals surface area contributed by atoms with Crippen LogP contribution in [0, 0.1) is 5.82 Å². The standard InChI is InChI=1S/C18H16FN3O3/c19-13-4-3-5-15(8-13)23-11-14-9-22(21-20-14)10-16-12-24-17-6-1-2-7-18(17)25-16/h1-9,16H,10-12H2. The van der Waals surface area contributed by atoms with Gasteiger partial charge in [0.15, 0.2) is 17.6 Å². The number of rotatable bonds is 5. The molecule has 25 heavy (non-hydrogen) atoms. The van der Waals surface area contributed by atoms with Gasteiger partial charge in [0.05, 0.1) is 12.7 Å². The van der Waals surface area contributed by atoms with Crippen LogP contribution in [-0.4, -0.2) is 27.7 Å². The molecule has 0 N–H and O–H groups in total. The van der Waals surface area contributed by atoms with Crippen LogP contribution in [0.15, 0.2) is 54.7 Å². The lowest BCUT2D eigenvalue weighted by Gasteiger charge is -2.26. The maximum absolute atomic E-state index is 13.1. The maximum Gasteiger partial charge on any atom is 0.161 e. The van der Waals surface area contributed by atoms with Gasteiger partial charge in [0, 0.05) is 6.07 Å². The highest BCUT2D eigenvalue weighted by Crippen LogP contribution is 2.31. The first kappa shape index (κ1) is 15.4. The smallest absolute Gasteiger partial charge is 0.161 e. The van der Waals surface area contributed by atoms with Crippen LogP contribution in [0.2, 0.25) is 0 Å². The van der Waals surface area contributed by atoms with Crippen LogP contribution in [0.25, 0.3) is 0 Å². The minimum Gasteiger partial charge on any atom is -0.487 e. The third-order valence-corrected chi connectivity index (χ3v) is 3.73. The number of hydrogen-bond donors (Lipinski definition) is 0. The predicted octanol–water partition coefficient (Wildman–Crippen LogP) is 2.84. The van der Waals surface area contributed by atoms with Gasteiger partial charge in [0.2, 0.25) is 0 Å². The first-order valence-electron chi connectivity index (χ1n) is 7.92. The molecule has 0 spiro atoms. The summed E-state index contributed by atoms with van der Waals surface area (Å²) in [5.74, 6) is 1.60. The van der Waals surface area contributed by atoms with E-state index in [1.54, 1.807) is 23.0 Å². The van der Waals surface area contributed by atoms with Crippen molar-refractivity contribution in [3.63, 3.8) is 0 Å². The Bertz CT molecular complexity index is 868. The number of fused-ring (bicyclic) bond motifs is 1. The molecule has 2 heterocycles. The lowest BCUT2D eigenvalue weighted by molar-refractivity contribution is 0.0754. The Balaban J connectivity index is 1.34. The highest BCUT2D eigenvalue weighted by Gasteiger charge is 2.21. The third kappa shape index (κ3) is 3.71. The minimum absolute atomic E-state index is 0.145. The maximum atomic E-state index is 13.1. The Morgan fingerprint density at radius 2 is 2.04 bits per heavy atom. The Morgan fingerprint density at radius 1 is 1.16 bits per heavy atom. The molecule has 2 aromatic carbocycles. The normalized spacial score (nSPS) is 15.8. The summed E-state index contributed by atoms with van der Waals surface area (Å²) in [6.07, 6.45) is 1.64. The molecule has 1 atom stereocenters. The van der Waals surface area contributed by atoms with Gasteiger partial charge in [-0.2, -0.15) is 0 Å². The Kier molecular flexibility index (Phi) is 4.20. The molecule has 1 unspecified atom stereocenters. The zero-order valence-electron chi connectivity index (χ0n) is 13.3. The van der Waals surface area contributed by atoms with Crippen molar-refractivity contribution in [2.75, 3.05) is 6.61 Å². The van der Waals surface area contributed by atoms with E-state index in [1.165, 1.54) is 12.1 Å². The average Bonchev–Trinajstić information content (AvgIpc) is 3.07. The monoisotopic (exact) mass is 341 g/mol. The van der Waals surface area contributed by atoms with Crippen LogP contribution < -0.4 is 14.2 Å². The van der Waals surface area contributed by atoms with Gasteiger partial charge < -0.3 is 14.2 Å². The Labute approximate surface area is 143 Å². The van der Waals surface area contributed by atoms with E-state index in [0.29, 0.717) is 24.6 Å². The fourth-order valence-corrected chi connectivity index (χ4v) is 2.57. The Morgan fingerprint density at radius 3 is 2.92 bits per heavy atom. The minimum atomic E-state index is -0.337. The third-order valence-electron chi connectivity index (χ3n) is 3.73. The molecule has 1 aliphatic rings. The number of para-hydroxylation sites is 2. The molecular formula is C18H16FN3O3. The van der Waals surface area contributed by atoms with E-state index in [9.17, 15) is 4.39 Å². The number of ether oxygens (including phenoxy) is 3. The first-order chi connectivity index (χ1) is 12.3. The molecular weight excluding hydrogens is 325 g/mol. The summed E-state index contributed by atoms with van der Waals surface area (Å²) in [5, 5.41) is 8.13. The fourth-order valence-electron chi connectivity index (χ4n) is 2.57. The molecule has 0 saturated carbocycles. The summed E-state index contributed by atoms with van der Waals surface area (Å²) in [7, 11) is 0. The number of hydrogen-bond acceptors (Lipinski definition) is 5. The van der Waals surface area contributed by atoms with Crippen molar-refractivity contribution >= 4 is 0 Å². The van der Waals surface area contributed by atoms with Crippen molar-refractivity contribution in [2.45, 2.75) is 19.3 Å². The second kappa shape index (κ2) is 6.80. The molecule has 7 heteroatoms. The molecule has 1 aromatic heterocycles. The van der Waals surface area contributed by atoms with E-state index in [-0.39, 0.29) is 18.5 Å². The average molecular weight is 341 g/mol. The van der Waals surface area contributed by atoms with Gasteiger partial charge in [0.1, 0.15) is 30.5 Å². The molecule has 128 valence electrons. The van der Waals surface area contributed by atoms with Crippen LogP contribution in [0.4, 0.5) is 4.39 Å². The van der Waals surface area contributed by atoms with Crippen LogP contribution >= 0.6 is 0 Å². The van der Waals surface area contributed by atoms with Gasteiger partial charge in [-0.25, -0.2) is 9.07 Å². The molecule has 0 bridgehead atoms. The molecule has 3 aromatic rings. The van der Waals surface area contributed by atoms with Crippen molar-refractivity contribution in [3.05, 3.63) is 66.2 Å². The molecule has 0 aliphatic carbocycles. The zero-order chi connectivity index (χ0) is 17.1. The molecule has 0 amide bonds. The molecule has 0 saturated heterocycles. The predicted molar refractivity (Wildman–Crippen MR) is 87.1 cm³/mol. The van der Waals surface area contributed by atoms with Crippen LogP contribution in [0.5, 0.6) is 17.2 Å². The molecule has 0 fully saturated rings. The number of nitrogens with zero attached hydrogens (tertiary/aromatic N) is 3. The van der Waals surface area contributed by atoms with E-state index in [1.807, 2.05) is 24.3 Å². The summed E-state index contributed by atoms with van der Waals surface area (Å²) in [6.45, 7) is 1.18. The number of benzene rings is 2. The van der Waals surface area contributed by atoms with Crippen molar-refractivity contribution in [3.8, 4) is 17.2 Å². The van der Waals surface area contributed by atoms with Crippen LogP contribution in [-0.2, 0) is 13.2 Å². The lowest BCUT2D eigenvalue weighted by atomic mass is 10.2. The number of halogens is 1. The van der Waals surface area contributed by atoms with Gasteiger partial charge in [-0.1, -0.05) is 23.4 Å². The van der Waals surface area contributed by atoms with Crippen molar-refractivity contribution in [2.24, 2.45) is 0 Å². The van der Waals surface area contributed by atoms with Crippen LogP contribution in [0.1, 0.15) is 5.69 Å². The molecule has 4 rings (SSSR count). The fraction of sp³-hybridized carbons (Fsp3) is 0.222. The van der Waals surface area contributed by atoms with Gasteiger partial charge in [0.25, 0.3) is 0 Å². The van der Waals surface area contributed by atoms with Crippen molar-refractivity contribution in [1.29, 1.82) is 0 Å². The Hall–Kier alpha value is -3.09. The summed E-state index contributed by atoms with van der Waals surface area (Å²) in [4.78, 5) is 0. The SMILES string of the molecule is Fc1cccc(OCc2cn(CC3COc4ccccc4O3)nn2)c1. The lowest BCUT2D eigenvalue weighted by Crippen LogP contribution is -2.33. The van der Waals surface area contributed by atoms with Crippen molar-refractivity contribution in [1.82, 2.24) is 15.0 Å². The first-order valence-corrected chi connectivity index (χ1v) is 7.92. The zero-order valence-corrected chi connectivity index (χ0v) is 13.3. The highest BCUT2D eigenvalue weighted by atomic mass is 19.1. The van der Waals surface area contributed by atoms with E-state index in [4.69, 9.17) is 14.2 Å². The van der Waals surface area contributed by atoms with E-state index in [0.717, 1.165) is 11.5 Å². The summed E-state index contributed by atoms with van der Waals surface area (Å²) in [6, 6.07) is 13.6. The van der Waals surface area contributed by atoms with E-state index < -0.39 is 0 Å². The summed E-state index contributed by atoms with van der Waals surface area (Å²) >= 11 is 0. The van der Waals surface area contributed by atoms with E-state index in [2.05, 4.69) is 10.3 Å². The quantitative estimate of drug-likeness (QED) is 0.714. The van der Waals surface area contributed by atoms with Crippen LogP contribution in [0.3, 0.4) is 0 Å². The van der Waals surface area contributed by atoms with E-state index >= 15 is 0 Å². The molecule has 0 radical (unpaired) electrons. The second-order valence-corrected chi connectivity index (χ2v) is 5.68. The van der Waals surface area contributed by atoms with Gasteiger partial charge in [-0.3, -0.25) is 0 Å². The molecule has 1 aliphatic heterocycles.